The highest BCUT2D eigenvalue weighted by molar-refractivity contribution is 5.77. The fourth-order valence-electron chi connectivity index (χ4n) is 2.07. The van der Waals surface area contributed by atoms with E-state index in [0.29, 0.717) is 30.3 Å². The smallest absolute Gasteiger partial charge is 0.261 e. The van der Waals surface area contributed by atoms with Gasteiger partial charge in [-0.1, -0.05) is 12.1 Å². The minimum Gasteiger partial charge on any atom is -0.354 e. The summed E-state index contributed by atoms with van der Waals surface area (Å²) in [6, 6.07) is 7.41. The second-order valence-corrected chi connectivity index (χ2v) is 5.09. The molecule has 0 spiro atoms. The summed E-state index contributed by atoms with van der Waals surface area (Å²) in [5.74, 6) is 0.0156. The van der Waals surface area contributed by atoms with Crippen LogP contribution in [-0.2, 0) is 11.3 Å². The van der Waals surface area contributed by atoms with Crippen LogP contribution in [0.5, 0.6) is 0 Å². The summed E-state index contributed by atoms with van der Waals surface area (Å²) in [6.07, 6.45) is 2.58. The van der Waals surface area contributed by atoms with E-state index in [0.717, 1.165) is 0 Å². The van der Waals surface area contributed by atoms with Gasteiger partial charge in [0.25, 0.3) is 5.56 Å². The molecule has 1 N–H and O–H groups in total. The van der Waals surface area contributed by atoms with Gasteiger partial charge in [-0.3, -0.25) is 14.2 Å². The molecule has 2 aromatic rings. The van der Waals surface area contributed by atoms with Gasteiger partial charge >= 0.3 is 0 Å². The third kappa shape index (κ3) is 3.44. The summed E-state index contributed by atoms with van der Waals surface area (Å²) in [5.41, 5.74) is 0.645. The molecule has 2 rings (SSSR count). The molecule has 0 bridgehead atoms. The van der Waals surface area contributed by atoms with Crippen molar-refractivity contribution < 1.29 is 4.79 Å². The Bertz CT molecular complexity index is 661. The minimum absolute atomic E-state index is 0.0156. The first-order valence-corrected chi connectivity index (χ1v) is 6.81. The van der Waals surface area contributed by atoms with Crippen molar-refractivity contribution in [3.05, 3.63) is 40.9 Å². The lowest BCUT2D eigenvalue weighted by Gasteiger charge is -2.09. The van der Waals surface area contributed by atoms with Gasteiger partial charge in [0.2, 0.25) is 5.91 Å². The summed E-state index contributed by atoms with van der Waals surface area (Å²) in [6.45, 7) is 4.35. The first-order chi connectivity index (χ1) is 9.58. The zero-order chi connectivity index (χ0) is 14.5. The number of amides is 1. The van der Waals surface area contributed by atoms with Gasteiger partial charge in [0.05, 0.1) is 17.2 Å². The molecule has 1 aromatic carbocycles. The molecule has 106 valence electrons. The lowest BCUT2D eigenvalue weighted by atomic mass is 10.2. The van der Waals surface area contributed by atoms with E-state index in [2.05, 4.69) is 10.3 Å². The van der Waals surface area contributed by atoms with E-state index < -0.39 is 0 Å². The topological polar surface area (TPSA) is 64.0 Å². The Balaban J connectivity index is 2.02. The van der Waals surface area contributed by atoms with Crippen molar-refractivity contribution in [2.24, 2.45) is 0 Å². The third-order valence-electron chi connectivity index (χ3n) is 2.98. The van der Waals surface area contributed by atoms with E-state index in [9.17, 15) is 9.59 Å². The molecule has 0 atom stereocenters. The highest BCUT2D eigenvalue weighted by atomic mass is 16.1. The first-order valence-electron chi connectivity index (χ1n) is 6.81. The first kappa shape index (κ1) is 14.2. The number of carbonyl (C=O) groups excluding carboxylic acids is 1. The van der Waals surface area contributed by atoms with E-state index in [1.165, 1.54) is 0 Å². The average molecular weight is 273 g/mol. The third-order valence-corrected chi connectivity index (χ3v) is 2.98. The zero-order valence-corrected chi connectivity index (χ0v) is 11.8. The van der Waals surface area contributed by atoms with Crippen molar-refractivity contribution in [2.45, 2.75) is 39.3 Å². The number of hydrogen-bond acceptors (Lipinski definition) is 3. The molecule has 0 radical (unpaired) electrons. The maximum absolute atomic E-state index is 12.2. The fraction of sp³-hybridized carbons (Fsp3) is 0.400. The lowest BCUT2D eigenvalue weighted by Crippen LogP contribution is -2.30. The van der Waals surface area contributed by atoms with Crippen LogP contribution in [0.25, 0.3) is 10.9 Å². The van der Waals surface area contributed by atoms with Gasteiger partial charge in [-0.2, -0.15) is 0 Å². The van der Waals surface area contributed by atoms with Crippen molar-refractivity contribution in [3.8, 4) is 0 Å². The lowest BCUT2D eigenvalue weighted by molar-refractivity contribution is -0.121. The van der Waals surface area contributed by atoms with Gasteiger partial charge in [-0.15, -0.1) is 0 Å². The van der Waals surface area contributed by atoms with Crippen LogP contribution in [0.15, 0.2) is 35.4 Å². The molecule has 0 aliphatic carbocycles. The number of aryl methyl sites for hydroxylation is 1. The van der Waals surface area contributed by atoms with Crippen molar-refractivity contribution in [3.63, 3.8) is 0 Å². The number of hydrogen-bond donors (Lipinski definition) is 1. The Kier molecular flexibility index (Phi) is 4.50. The Morgan fingerprint density at radius 3 is 2.85 bits per heavy atom. The average Bonchev–Trinajstić information content (AvgIpc) is 2.41. The molecule has 0 unspecified atom stereocenters. The van der Waals surface area contributed by atoms with Crippen molar-refractivity contribution >= 4 is 16.8 Å². The maximum atomic E-state index is 12.2. The number of benzene rings is 1. The highest BCUT2D eigenvalue weighted by Crippen LogP contribution is 2.05. The normalized spacial score (nSPS) is 10.9. The molecule has 20 heavy (non-hydrogen) atoms. The van der Waals surface area contributed by atoms with Crippen LogP contribution >= 0.6 is 0 Å². The SMILES string of the molecule is CC(C)NC(=O)CCCn1cnc2ccccc2c1=O. The predicted octanol–water partition coefficient (Wildman–Crippen LogP) is 1.70. The van der Waals surface area contributed by atoms with Crippen LogP contribution in [-0.4, -0.2) is 21.5 Å². The largest absolute Gasteiger partial charge is 0.354 e. The molecular formula is C15H19N3O2. The molecule has 0 saturated heterocycles. The Hall–Kier alpha value is -2.17. The van der Waals surface area contributed by atoms with E-state index in [4.69, 9.17) is 0 Å². The summed E-state index contributed by atoms with van der Waals surface area (Å²) < 4.78 is 1.56. The molecule has 1 heterocycles. The van der Waals surface area contributed by atoms with Gasteiger partial charge in [-0.05, 0) is 32.4 Å². The molecule has 0 fully saturated rings. The van der Waals surface area contributed by atoms with Crippen molar-refractivity contribution in [2.75, 3.05) is 0 Å². The second kappa shape index (κ2) is 6.32. The number of nitrogens with one attached hydrogen (secondary N) is 1. The van der Waals surface area contributed by atoms with E-state index in [-0.39, 0.29) is 17.5 Å². The van der Waals surface area contributed by atoms with Crippen LogP contribution in [0.3, 0.4) is 0 Å². The molecule has 0 aliphatic rings. The number of aromatic nitrogens is 2. The summed E-state index contributed by atoms with van der Waals surface area (Å²) >= 11 is 0. The summed E-state index contributed by atoms with van der Waals surface area (Å²) in [7, 11) is 0. The predicted molar refractivity (Wildman–Crippen MR) is 78.5 cm³/mol. The van der Waals surface area contributed by atoms with Gasteiger partial charge in [-0.25, -0.2) is 4.98 Å². The maximum Gasteiger partial charge on any atom is 0.261 e. The molecule has 0 aliphatic heterocycles. The Morgan fingerprint density at radius 2 is 2.10 bits per heavy atom. The highest BCUT2D eigenvalue weighted by Gasteiger charge is 2.05. The molecule has 5 heteroatoms. The number of nitrogens with zero attached hydrogens (tertiary/aromatic N) is 2. The molecule has 1 amide bonds. The summed E-state index contributed by atoms with van der Waals surface area (Å²) in [5, 5.41) is 3.44. The zero-order valence-electron chi connectivity index (χ0n) is 11.8. The number of fused-ring (bicyclic) bond motifs is 1. The Labute approximate surface area is 117 Å². The molecular weight excluding hydrogens is 254 g/mol. The van der Waals surface area contributed by atoms with Gasteiger partial charge < -0.3 is 5.32 Å². The standard InChI is InChI=1S/C15H19N3O2/c1-11(2)17-14(19)8-5-9-18-10-16-13-7-4-3-6-12(13)15(18)20/h3-4,6-7,10-11H,5,8-9H2,1-2H3,(H,17,19). The summed E-state index contributed by atoms with van der Waals surface area (Å²) in [4.78, 5) is 28.0. The van der Waals surface area contributed by atoms with Crippen LogP contribution in [0.2, 0.25) is 0 Å². The monoisotopic (exact) mass is 273 g/mol. The molecule has 1 aromatic heterocycles. The van der Waals surface area contributed by atoms with Crippen LogP contribution < -0.4 is 10.9 Å². The van der Waals surface area contributed by atoms with Gasteiger partial charge in [0, 0.05) is 19.0 Å². The Morgan fingerprint density at radius 1 is 1.35 bits per heavy atom. The van der Waals surface area contributed by atoms with Gasteiger partial charge in [0.1, 0.15) is 0 Å². The van der Waals surface area contributed by atoms with Gasteiger partial charge in [0.15, 0.2) is 0 Å². The van der Waals surface area contributed by atoms with Crippen LogP contribution in [0.1, 0.15) is 26.7 Å². The number of carbonyl (C=O) groups is 1. The van der Waals surface area contributed by atoms with Crippen molar-refractivity contribution in [1.29, 1.82) is 0 Å². The quantitative estimate of drug-likeness (QED) is 0.901. The molecule has 5 nitrogen and oxygen atoms in total. The number of para-hydroxylation sites is 1. The minimum atomic E-state index is -0.0557. The van der Waals surface area contributed by atoms with E-state index >= 15 is 0 Å². The molecule has 0 saturated carbocycles. The fourth-order valence-corrected chi connectivity index (χ4v) is 2.07. The van der Waals surface area contributed by atoms with Crippen LogP contribution in [0.4, 0.5) is 0 Å². The second-order valence-electron chi connectivity index (χ2n) is 5.09. The number of rotatable bonds is 5. The van der Waals surface area contributed by atoms with Crippen molar-refractivity contribution in [1.82, 2.24) is 14.9 Å². The van der Waals surface area contributed by atoms with Crippen LogP contribution in [0, 0.1) is 0 Å². The van der Waals surface area contributed by atoms with E-state index in [1.807, 2.05) is 32.0 Å². The van der Waals surface area contributed by atoms with E-state index in [1.54, 1.807) is 17.0 Å².